The third-order valence-electron chi connectivity index (χ3n) is 4.93. The minimum absolute atomic E-state index is 0.610. The standard InChI is InChI=1S/C27H18BrNO2/c28-24-9-5-4-8-23(24)25-17-16-22(30-25)15-12-19-10-13-21(14-11-19)27-29-18-26(31-27)20-6-2-1-3-7-20/h1-18H/b15-12+. The molecule has 0 aliphatic rings. The van der Waals surface area contributed by atoms with Gasteiger partial charge in [0.1, 0.15) is 11.5 Å². The van der Waals surface area contributed by atoms with Crippen LogP contribution in [-0.2, 0) is 0 Å². The number of aromatic nitrogens is 1. The molecule has 150 valence electrons. The van der Waals surface area contributed by atoms with E-state index in [4.69, 9.17) is 8.83 Å². The van der Waals surface area contributed by atoms with Crippen molar-refractivity contribution in [3.63, 3.8) is 0 Å². The Kier molecular flexibility index (Phi) is 5.38. The summed E-state index contributed by atoms with van der Waals surface area (Å²) in [7, 11) is 0. The summed E-state index contributed by atoms with van der Waals surface area (Å²) < 4.78 is 12.9. The van der Waals surface area contributed by atoms with Crippen LogP contribution in [0, 0.1) is 0 Å². The predicted molar refractivity (Wildman–Crippen MR) is 128 cm³/mol. The molecule has 5 aromatic rings. The Morgan fingerprint density at radius 2 is 1.42 bits per heavy atom. The smallest absolute Gasteiger partial charge is 0.226 e. The van der Waals surface area contributed by atoms with E-state index in [1.54, 1.807) is 6.20 Å². The van der Waals surface area contributed by atoms with Crippen molar-refractivity contribution in [3.8, 4) is 34.1 Å². The minimum Gasteiger partial charge on any atom is -0.457 e. The van der Waals surface area contributed by atoms with Crippen LogP contribution in [0.2, 0.25) is 0 Å². The van der Waals surface area contributed by atoms with Crippen LogP contribution in [0.3, 0.4) is 0 Å². The van der Waals surface area contributed by atoms with Crippen LogP contribution in [0.25, 0.3) is 46.3 Å². The van der Waals surface area contributed by atoms with E-state index in [0.29, 0.717) is 5.89 Å². The molecule has 0 aliphatic heterocycles. The molecule has 0 amide bonds. The van der Waals surface area contributed by atoms with Crippen molar-refractivity contribution in [1.82, 2.24) is 4.98 Å². The van der Waals surface area contributed by atoms with Crippen LogP contribution < -0.4 is 0 Å². The third kappa shape index (κ3) is 4.30. The molecule has 3 nitrogen and oxygen atoms in total. The first-order valence-corrected chi connectivity index (χ1v) is 10.7. The molecule has 0 saturated heterocycles. The lowest BCUT2D eigenvalue weighted by Gasteiger charge is -1.99. The summed E-state index contributed by atoms with van der Waals surface area (Å²) in [5, 5.41) is 0. The van der Waals surface area contributed by atoms with Gasteiger partial charge in [-0.05, 0) is 42.0 Å². The SMILES string of the molecule is Brc1ccccc1-c1ccc(/C=C/c2ccc(-c3ncc(-c4ccccc4)o3)cc2)o1. The number of hydrogen-bond donors (Lipinski definition) is 0. The highest BCUT2D eigenvalue weighted by molar-refractivity contribution is 9.10. The Morgan fingerprint density at radius 3 is 2.23 bits per heavy atom. The quantitative estimate of drug-likeness (QED) is 0.261. The van der Waals surface area contributed by atoms with Gasteiger partial charge in [-0.15, -0.1) is 0 Å². The van der Waals surface area contributed by atoms with Gasteiger partial charge >= 0.3 is 0 Å². The van der Waals surface area contributed by atoms with Crippen molar-refractivity contribution in [2.24, 2.45) is 0 Å². The van der Waals surface area contributed by atoms with Gasteiger partial charge in [0.15, 0.2) is 5.76 Å². The molecular formula is C27H18BrNO2. The van der Waals surface area contributed by atoms with Gasteiger partial charge in [0, 0.05) is 21.2 Å². The van der Waals surface area contributed by atoms with E-state index in [-0.39, 0.29) is 0 Å². The fraction of sp³-hybridized carbons (Fsp3) is 0. The summed E-state index contributed by atoms with van der Waals surface area (Å²) in [4.78, 5) is 4.42. The van der Waals surface area contributed by atoms with Crippen molar-refractivity contribution < 1.29 is 8.83 Å². The molecule has 0 radical (unpaired) electrons. The molecule has 4 heteroatoms. The van der Waals surface area contributed by atoms with E-state index in [2.05, 4.69) is 20.9 Å². The summed E-state index contributed by atoms with van der Waals surface area (Å²) in [6.45, 7) is 0. The van der Waals surface area contributed by atoms with Crippen molar-refractivity contribution in [1.29, 1.82) is 0 Å². The molecule has 0 fully saturated rings. The number of hydrogen-bond acceptors (Lipinski definition) is 3. The average Bonchev–Trinajstić information content (AvgIpc) is 3.49. The molecule has 0 saturated carbocycles. The van der Waals surface area contributed by atoms with Crippen LogP contribution in [0.1, 0.15) is 11.3 Å². The van der Waals surface area contributed by atoms with Crippen molar-refractivity contribution in [2.45, 2.75) is 0 Å². The Labute approximate surface area is 188 Å². The van der Waals surface area contributed by atoms with Gasteiger partial charge in [0.2, 0.25) is 5.89 Å². The topological polar surface area (TPSA) is 39.2 Å². The summed E-state index contributed by atoms with van der Waals surface area (Å²) in [5.41, 5.74) is 4.06. The molecule has 3 aromatic carbocycles. The number of halogens is 1. The zero-order valence-corrected chi connectivity index (χ0v) is 18.1. The number of oxazole rings is 1. The van der Waals surface area contributed by atoms with E-state index in [1.807, 2.05) is 103 Å². The molecule has 5 rings (SSSR count). The van der Waals surface area contributed by atoms with Crippen molar-refractivity contribution >= 4 is 28.1 Å². The maximum atomic E-state index is 5.97. The number of benzene rings is 3. The molecule has 0 bridgehead atoms. The second-order valence-electron chi connectivity index (χ2n) is 7.03. The molecule has 2 aromatic heterocycles. The van der Waals surface area contributed by atoms with E-state index in [1.165, 1.54) is 0 Å². The third-order valence-corrected chi connectivity index (χ3v) is 5.62. The highest BCUT2D eigenvalue weighted by Crippen LogP contribution is 2.30. The lowest BCUT2D eigenvalue weighted by atomic mass is 10.1. The molecule has 0 N–H and O–H groups in total. The summed E-state index contributed by atoms with van der Waals surface area (Å²) in [6, 6.07) is 30.0. The van der Waals surface area contributed by atoms with Gasteiger partial charge in [-0.3, -0.25) is 0 Å². The van der Waals surface area contributed by atoms with Gasteiger partial charge in [-0.1, -0.05) is 82.7 Å². The minimum atomic E-state index is 0.610. The lowest BCUT2D eigenvalue weighted by Crippen LogP contribution is -1.78. The molecular weight excluding hydrogens is 450 g/mol. The predicted octanol–water partition coefficient (Wildman–Crippen LogP) is 8.20. The van der Waals surface area contributed by atoms with Crippen LogP contribution in [-0.4, -0.2) is 4.98 Å². The van der Waals surface area contributed by atoms with Crippen LogP contribution >= 0.6 is 15.9 Å². The van der Waals surface area contributed by atoms with Gasteiger partial charge in [-0.2, -0.15) is 0 Å². The highest BCUT2D eigenvalue weighted by atomic mass is 79.9. The van der Waals surface area contributed by atoms with Gasteiger partial charge < -0.3 is 8.83 Å². The Hall–Kier alpha value is -3.63. The fourth-order valence-electron chi connectivity index (χ4n) is 3.31. The Bertz CT molecular complexity index is 1330. The molecule has 0 atom stereocenters. The van der Waals surface area contributed by atoms with Crippen molar-refractivity contribution in [3.05, 3.63) is 113 Å². The van der Waals surface area contributed by atoms with E-state index in [0.717, 1.165) is 44.0 Å². The number of nitrogens with zero attached hydrogens (tertiary/aromatic N) is 1. The zero-order chi connectivity index (χ0) is 21.0. The second kappa shape index (κ2) is 8.62. The Balaban J connectivity index is 1.31. The molecule has 0 unspecified atom stereocenters. The van der Waals surface area contributed by atoms with Crippen LogP contribution in [0.4, 0.5) is 0 Å². The number of furan rings is 1. The normalized spacial score (nSPS) is 11.3. The zero-order valence-electron chi connectivity index (χ0n) is 16.5. The van der Waals surface area contributed by atoms with E-state index in [9.17, 15) is 0 Å². The maximum Gasteiger partial charge on any atom is 0.226 e. The molecule has 0 spiro atoms. The van der Waals surface area contributed by atoms with Crippen LogP contribution in [0.15, 0.2) is 110 Å². The van der Waals surface area contributed by atoms with E-state index >= 15 is 0 Å². The van der Waals surface area contributed by atoms with Crippen LogP contribution in [0.5, 0.6) is 0 Å². The summed E-state index contributed by atoms with van der Waals surface area (Å²) >= 11 is 3.57. The monoisotopic (exact) mass is 467 g/mol. The van der Waals surface area contributed by atoms with Crippen molar-refractivity contribution in [2.75, 3.05) is 0 Å². The summed E-state index contributed by atoms with van der Waals surface area (Å²) in [5.74, 6) is 3.01. The Morgan fingerprint density at radius 1 is 0.645 bits per heavy atom. The number of rotatable bonds is 5. The van der Waals surface area contributed by atoms with Gasteiger partial charge in [0.05, 0.1) is 6.20 Å². The second-order valence-corrected chi connectivity index (χ2v) is 7.89. The first-order chi connectivity index (χ1) is 15.3. The molecule has 31 heavy (non-hydrogen) atoms. The maximum absolute atomic E-state index is 5.97. The average molecular weight is 468 g/mol. The fourth-order valence-corrected chi connectivity index (χ4v) is 3.79. The molecule has 0 aliphatic carbocycles. The lowest BCUT2D eigenvalue weighted by molar-refractivity contribution is 0.572. The summed E-state index contributed by atoms with van der Waals surface area (Å²) in [6.07, 6.45) is 5.75. The highest BCUT2D eigenvalue weighted by Gasteiger charge is 2.09. The van der Waals surface area contributed by atoms with Gasteiger partial charge in [0.25, 0.3) is 0 Å². The first kappa shape index (κ1) is 19.3. The van der Waals surface area contributed by atoms with E-state index < -0.39 is 0 Å². The van der Waals surface area contributed by atoms with Gasteiger partial charge in [-0.25, -0.2) is 4.98 Å². The first-order valence-electron chi connectivity index (χ1n) is 9.91. The molecule has 2 heterocycles. The largest absolute Gasteiger partial charge is 0.457 e.